The predicted molar refractivity (Wildman–Crippen MR) is 127 cm³/mol. The van der Waals surface area contributed by atoms with E-state index in [4.69, 9.17) is 11.6 Å². The number of carbonyl (C=O) groups excluding carboxylic acids is 1. The topological polar surface area (TPSA) is 64.6 Å². The molecule has 1 N–H and O–H groups in total. The number of aromatic nitrogens is 2. The minimum atomic E-state index is -0.197. The number of aliphatic imine (C=N–C) groups is 1. The molecule has 6 nitrogen and oxygen atoms in total. The summed E-state index contributed by atoms with van der Waals surface area (Å²) < 4.78 is 0. The Morgan fingerprint density at radius 1 is 1.00 bits per heavy atom. The number of thioether (sulfide) groups is 1. The summed E-state index contributed by atoms with van der Waals surface area (Å²) in [4.78, 5) is 22.0. The van der Waals surface area contributed by atoms with Crippen LogP contribution in [-0.2, 0) is 4.79 Å². The fourth-order valence-electron chi connectivity index (χ4n) is 3.74. The standard InChI is InChI=1S/C23H20ClN5OS/c24-18-7-4-8-19(14-18)28-9-11-29(12-10-28)23-26-22(30)20(31-23)13-17-15-25-27-21(17)16-5-2-1-3-6-16/h1-8,13-15H,9-12H2,(H,25,27). The van der Waals surface area contributed by atoms with Gasteiger partial charge in [-0.1, -0.05) is 48.0 Å². The predicted octanol–water partition coefficient (Wildman–Crippen LogP) is 4.52. The molecule has 0 atom stereocenters. The molecule has 3 aromatic rings. The lowest BCUT2D eigenvalue weighted by molar-refractivity contribution is -0.113. The number of nitrogens with one attached hydrogen (secondary N) is 1. The molecule has 2 aliphatic rings. The van der Waals surface area contributed by atoms with Crippen molar-refractivity contribution in [3.63, 3.8) is 0 Å². The number of hydrogen-bond donors (Lipinski definition) is 1. The van der Waals surface area contributed by atoms with Gasteiger partial charge in [-0.05, 0) is 36.0 Å². The molecule has 1 fully saturated rings. The van der Waals surface area contributed by atoms with Crippen LogP contribution in [0.2, 0.25) is 5.02 Å². The monoisotopic (exact) mass is 449 g/mol. The van der Waals surface area contributed by atoms with Gasteiger partial charge in [0.2, 0.25) is 0 Å². The van der Waals surface area contributed by atoms with E-state index in [-0.39, 0.29) is 5.91 Å². The summed E-state index contributed by atoms with van der Waals surface area (Å²) in [6.07, 6.45) is 3.61. The first-order valence-electron chi connectivity index (χ1n) is 10.0. The van der Waals surface area contributed by atoms with Gasteiger partial charge in [-0.3, -0.25) is 9.89 Å². The van der Waals surface area contributed by atoms with Gasteiger partial charge in [-0.2, -0.15) is 10.1 Å². The Bertz CT molecular complexity index is 1170. The Hall–Kier alpha value is -3.03. The normalized spacial score (nSPS) is 18.0. The number of H-pyrrole nitrogens is 1. The molecule has 1 saturated heterocycles. The smallest absolute Gasteiger partial charge is 0.286 e. The molecule has 3 heterocycles. The Morgan fingerprint density at radius 3 is 2.55 bits per heavy atom. The fourth-order valence-corrected chi connectivity index (χ4v) is 4.88. The molecule has 5 rings (SSSR count). The molecule has 1 aromatic heterocycles. The van der Waals surface area contributed by atoms with Crippen LogP contribution in [0.5, 0.6) is 0 Å². The van der Waals surface area contributed by atoms with E-state index in [1.54, 1.807) is 6.20 Å². The van der Waals surface area contributed by atoms with Crippen LogP contribution < -0.4 is 4.90 Å². The molecule has 2 aromatic carbocycles. The van der Waals surface area contributed by atoms with Crippen LogP contribution >= 0.6 is 23.4 Å². The maximum absolute atomic E-state index is 12.6. The van der Waals surface area contributed by atoms with E-state index >= 15 is 0 Å². The second-order valence-corrected chi connectivity index (χ2v) is 8.78. The van der Waals surface area contributed by atoms with Crippen LogP contribution in [0, 0.1) is 0 Å². The summed E-state index contributed by atoms with van der Waals surface area (Å²) in [5.74, 6) is -0.197. The summed E-state index contributed by atoms with van der Waals surface area (Å²) in [6, 6.07) is 17.9. The van der Waals surface area contributed by atoms with E-state index in [9.17, 15) is 4.79 Å². The summed E-state index contributed by atoms with van der Waals surface area (Å²) >= 11 is 7.56. The first-order chi connectivity index (χ1) is 15.2. The quantitative estimate of drug-likeness (QED) is 0.595. The average Bonchev–Trinajstić information content (AvgIpc) is 3.41. The van der Waals surface area contributed by atoms with Gasteiger partial charge in [0, 0.05) is 48.0 Å². The molecule has 0 spiro atoms. The Kier molecular flexibility index (Phi) is 5.53. The molecule has 1 amide bonds. The summed E-state index contributed by atoms with van der Waals surface area (Å²) in [5, 5.41) is 8.71. The van der Waals surface area contributed by atoms with Crippen molar-refractivity contribution in [2.45, 2.75) is 0 Å². The third-order valence-electron chi connectivity index (χ3n) is 5.35. The van der Waals surface area contributed by atoms with Gasteiger partial charge >= 0.3 is 0 Å². The van der Waals surface area contributed by atoms with Crippen LogP contribution in [0.15, 0.2) is 70.7 Å². The van der Waals surface area contributed by atoms with Crippen molar-refractivity contribution in [3.8, 4) is 11.3 Å². The van der Waals surface area contributed by atoms with Crippen molar-refractivity contribution in [2.75, 3.05) is 31.1 Å². The zero-order valence-corrected chi connectivity index (χ0v) is 18.2. The summed E-state index contributed by atoms with van der Waals surface area (Å²) in [7, 11) is 0. The summed E-state index contributed by atoms with van der Waals surface area (Å²) in [5.41, 5.74) is 3.92. The molecule has 8 heteroatoms. The molecular formula is C23H20ClN5OS. The molecule has 31 heavy (non-hydrogen) atoms. The molecule has 0 unspecified atom stereocenters. The number of halogens is 1. The van der Waals surface area contributed by atoms with E-state index in [0.29, 0.717) is 4.91 Å². The number of amides is 1. The molecule has 0 saturated carbocycles. The van der Waals surface area contributed by atoms with Crippen molar-refractivity contribution in [3.05, 3.63) is 76.3 Å². The Balaban J connectivity index is 1.27. The highest BCUT2D eigenvalue weighted by atomic mass is 35.5. The van der Waals surface area contributed by atoms with Crippen LogP contribution in [0.25, 0.3) is 17.3 Å². The number of piperazine rings is 1. The van der Waals surface area contributed by atoms with E-state index in [1.807, 2.05) is 54.6 Å². The molecule has 0 aliphatic carbocycles. The van der Waals surface area contributed by atoms with Crippen LogP contribution in [0.3, 0.4) is 0 Å². The number of benzene rings is 2. The van der Waals surface area contributed by atoms with Crippen molar-refractivity contribution >= 4 is 46.2 Å². The van der Waals surface area contributed by atoms with Crippen molar-refractivity contribution in [1.29, 1.82) is 0 Å². The maximum Gasteiger partial charge on any atom is 0.286 e. The number of hydrogen-bond acceptors (Lipinski definition) is 5. The van der Waals surface area contributed by atoms with Gasteiger partial charge in [-0.25, -0.2) is 0 Å². The molecular weight excluding hydrogens is 430 g/mol. The minimum Gasteiger partial charge on any atom is -0.368 e. The fraction of sp³-hybridized carbons (Fsp3) is 0.174. The van der Waals surface area contributed by atoms with E-state index < -0.39 is 0 Å². The Labute approximate surface area is 189 Å². The van der Waals surface area contributed by atoms with E-state index in [2.05, 4.69) is 31.1 Å². The number of rotatable bonds is 3. The summed E-state index contributed by atoms with van der Waals surface area (Å²) in [6.45, 7) is 3.32. The van der Waals surface area contributed by atoms with Crippen molar-refractivity contribution in [2.24, 2.45) is 4.99 Å². The van der Waals surface area contributed by atoms with Gasteiger partial charge in [0.25, 0.3) is 5.91 Å². The maximum atomic E-state index is 12.6. The van der Waals surface area contributed by atoms with Gasteiger partial charge in [0.15, 0.2) is 5.17 Å². The van der Waals surface area contributed by atoms with Crippen LogP contribution in [0.1, 0.15) is 5.56 Å². The number of anilines is 1. The third-order valence-corrected chi connectivity index (χ3v) is 6.63. The second kappa shape index (κ2) is 8.61. The SMILES string of the molecule is O=C1N=C(N2CCN(c3cccc(Cl)c3)CC2)SC1=Cc1cn[nH]c1-c1ccccc1. The molecule has 0 bridgehead atoms. The number of amidine groups is 1. The second-order valence-electron chi connectivity index (χ2n) is 7.33. The van der Waals surface area contributed by atoms with E-state index in [1.165, 1.54) is 11.8 Å². The molecule has 2 aliphatic heterocycles. The van der Waals surface area contributed by atoms with Gasteiger partial charge in [0.1, 0.15) is 0 Å². The first kappa shape index (κ1) is 19.9. The van der Waals surface area contributed by atoms with Crippen LogP contribution in [-0.4, -0.2) is 52.4 Å². The van der Waals surface area contributed by atoms with Gasteiger partial charge in [0.05, 0.1) is 16.8 Å². The number of carbonyl (C=O) groups is 1. The number of nitrogens with zero attached hydrogens (tertiary/aromatic N) is 4. The average molecular weight is 450 g/mol. The Morgan fingerprint density at radius 2 is 1.77 bits per heavy atom. The number of aromatic amines is 1. The van der Waals surface area contributed by atoms with E-state index in [0.717, 1.165) is 58.9 Å². The lowest BCUT2D eigenvalue weighted by Gasteiger charge is -2.36. The third kappa shape index (κ3) is 4.24. The lowest BCUT2D eigenvalue weighted by Crippen LogP contribution is -2.47. The lowest BCUT2D eigenvalue weighted by atomic mass is 10.1. The van der Waals surface area contributed by atoms with Crippen LogP contribution in [0.4, 0.5) is 5.69 Å². The molecule has 0 radical (unpaired) electrons. The minimum absolute atomic E-state index is 0.197. The molecule has 156 valence electrons. The largest absolute Gasteiger partial charge is 0.368 e. The van der Waals surface area contributed by atoms with Crippen molar-refractivity contribution < 1.29 is 4.79 Å². The highest BCUT2D eigenvalue weighted by Gasteiger charge is 2.29. The zero-order valence-electron chi connectivity index (χ0n) is 16.7. The highest BCUT2D eigenvalue weighted by molar-refractivity contribution is 8.18. The first-order valence-corrected chi connectivity index (χ1v) is 11.2. The highest BCUT2D eigenvalue weighted by Crippen LogP contribution is 2.33. The van der Waals surface area contributed by atoms with Gasteiger partial charge < -0.3 is 9.80 Å². The zero-order chi connectivity index (χ0) is 21.2. The van der Waals surface area contributed by atoms with Gasteiger partial charge in [-0.15, -0.1) is 0 Å². The van der Waals surface area contributed by atoms with Crippen molar-refractivity contribution in [1.82, 2.24) is 15.1 Å².